The van der Waals surface area contributed by atoms with E-state index < -0.39 is 6.10 Å². The number of carbonyl (C=O) groups is 2. The van der Waals surface area contributed by atoms with Crippen LogP contribution in [-0.2, 0) is 23.8 Å². The Morgan fingerprint density at radius 2 is 0.643 bits per heavy atom. The van der Waals surface area contributed by atoms with Crippen LogP contribution < -0.4 is 0 Å². The number of hydrogen-bond acceptors (Lipinski definition) is 5. The summed E-state index contributed by atoms with van der Waals surface area (Å²) in [6, 6.07) is 0. The Hall–Kier alpha value is -3.18. The van der Waals surface area contributed by atoms with Crippen molar-refractivity contribution in [3.05, 3.63) is 97.2 Å². The summed E-state index contributed by atoms with van der Waals surface area (Å²) in [6.07, 6.45) is 81.6. The maximum absolute atomic E-state index is 12.9. The first-order chi connectivity index (χ1) is 34.6. The van der Waals surface area contributed by atoms with Crippen LogP contribution in [0.1, 0.15) is 278 Å². The summed E-state index contributed by atoms with van der Waals surface area (Å²) in [7, 11) is 0. The molecule has 0 aromatic carbocycles. The molecule has 0 saturated heterocycles. The average Bonchev–Trinajstić information content (AvgIpc) is 3.36. The van der Waals surface area contributed by atoms with Crippen molar-refractivity contribution in [1.82, 2.24) is 0 Å². The van der Waals surface area contributed by atoms with Crippen molar-refractivity contribution >= 4 is 11.9 Å². The van der Waals surface area contributed by atoms with Gasteiger partial charge >= 0.3 is 11.9 Å². The highest BCUT2D eigenvalue weighted by atomic mass is 16.6. The van der Waals surface area contributed by atoms with Gasteiger partial charge in [0.1, 0.15) is 6.61 Å². The van der Waals surface area contributed by atoms with E-state index in [1.165, 1.54) is 148 Å². The van der Waals surface area contributed by atoms with Gasteiger partial charge in [-0.25, -0.2) is 0 Å². The van der Waals surface area contributed by atoms with Crippen molar-refractivity contribution in [2.75, 3.05) is 19.8 Å². The minimum Gasteiger partial charge on any atom is -0.462 e. The van der Waals surface area contributed by atoms with Crippen molar-refractivity contribution in [1.29, 1.82) is 0 Å². The van der Waals surface area contributed by atoms with Gasteiger partial charge in [0.05, 0.1) is 6.61 Å². The molecule has 5 heteroatoms. The molecule has 1 atom stereocenters. The largest absolute Gasteiger partial charge is 0.462 e. The molecule has 5 nitrogen and oxygen atoms in total. The summed E-state index contributed by atoms with van der Waals surface area (Å²) in [6.45, 7) is 7.57. The maximum Gasteiger partial charge on any atom is 0.306 e. The van der Waals surface area contributed by atoms with Crippen LogP contribution in [0.3, 0.4) is 0 Å². The Morgan fingerprint density at radius 1 is 0.329 bits per heavy atom. The van der Waals surface area contributed by atoms with Gasteiger partial charge in [-0.2, -0.15) is 0 Å². The van der Waals surface area contributed by atoms with E-state index in [4.69, 9.17) is 14.2 Å². The van der Waals surface area contributed by atoms with Crippen LogP contribution >= 0.6 is 0 Å². The topological polar surface area (TPSA) is 61.8 Å². The van der Waals surface area contributed by atoms with Crippen molar-refractivity contribution < 1.29 is 23.8 Å². The van der Waals surface area contributed by atoms with Crippen LogP contribution in [0.25, 0.3) is 0 Å². The predicted octanol–water partition coefficient (Wildman–Crippen LogP) is 20.6. The zero-order chi connectivity index (χ0) is 50.6. The molecule has 0 spiro atoms. The van der Waals surface area contributed by atoms with Gasteiger partial charge in [0.15, 0.2) is 6.10 Å². The summed E-state index contributed by atoms with van der Waals surface area (Å²) in [5.74, 6) is -0.437. The molecule has 0 amide bonds. The molecule has 0 aromatic heterocycles. The molecule has 0 saturated carbocycles. The van der Waals surface area contributed by atoms with Gasteiger partial charge in [-0.05, 0) is 116 Å². The second kappa shape index (κ2) is 60.1. The molecular weight excluding hydrogens is 861 g/mol. The first-order valence-corrected chi connectivity index (χ1v) is 29.8. The molecular formula is C65H112O5. The van der Waals surface area contributed by atoms with Gasteiger partial charge in [0, 0.05) is 19.4 Å². The lowest BCUT2D eigenvalue weighted by Gasteiger charge is -2.18. The fourth-order valence-electron chi connectivity index (χ4n) is 8.16. The summed E-state index contributed by atoms with van der Waals surface area (Å²) in [5, 5.41) is 0. The van der Waals surface area contributed by atoms with E-state index in [0.717, 1.165) is 96.3 Å². The summed E-state index contributed by atoms with van der Waals surface area (Å²) < 4.78 is 17.4. The van der Waals surface area contributed by atoms with E-state index in [1.807, 2.05) is 0 Å². The summed E-state index contributed by atoms with van der Waals surface area (Å²) in [5.41, 5.74) is 0. The third-order valence-electron chi connectivity index (χ3n) is 12.6. The molecule has 1 unspecified atom stereocenters. The molecule has 0 aliphatic carbocycles. The predicted molar refractivity (Wildman–Crippen MR) is 306 cm³/mol. The van der Waals surface area contributed by atoms with Crippen molar-refractivity contribution in [2.24, 2.45) is 0 Å². The molecule has 0 aromatic rings. The van der Waals surface area contributed by atoms with E-state index >= 15 is 0 Å². The Bertz CT molecular complexity index is 1330. The molecule has 0 N–H and O–H groups in total. The van der Waals surface area contributed by atoms with Gasteiger partial charge in [0.2, 0.25) is 0 Å². The molecule has 0 radical (unpaired) electrons. The lowest BCUT2D eigenvalue weighted by atomic mass is 10.1. The third kappa shape index (κ3) is 57.4. The Labute approximate surface area is 434 Å². The minimum atomic E-state index is -0.577. The highest BCUT2D eigenvalue weighted by molar-refractivity contribution is 5.70. The van der Waals surface area contributed by atoms with Crippen molar-refractivity contribution in [3.8, 4) is 0 Å². The molecule has 0 rings (SSSR count). The molecule has 0 bridgehead atoms. The van der Waals surface area contributed by atoms with Gasteiger partial charge < -0.3 is 14.2 Å². The Kier molecular flexibility index (Phi) is 57.4. The second-order valence-electron chi connectivity index (χ2n) is 19.5. The van der Waals surface area contributed by atoms with Crippen LogP contribution in [0, 0.1) is 0 Å². The summed E-state index contributed by atoms with van der Waals surface area (Å²) >= 11 is 0. The fraction of sp³-hybridized carbons (Fsp3) is 0.723. The standard InChI is InChI=1S/C65H112O5/c1-4-7-10-13-16-19-22-25-28-30-32-34-36-39-42-45-48-51-54-57-60-68-61-63(70-65(67)59-56-53-50-47-44-41-37-27-24-21-18-15-12-9-6-3)62-69-64(66)58-55-52-49-46-43-40-38-35-33-31-29-26-23-20-17-14-11-8-5-2/h7,10,16,19,25-29,32,34,37,39,42,48,51,63H,4-6,8-9,11-15,17-18,20-24,30-31,33,35-36,38,40-41,43-47,49-50,52-62H2,1-3H3/b10-7-,19-16-,28-25-,29-26-,34-32-,37-27-,42-39-,51-48-. The van der Waals surface area contributed by atoms with Crippen LogP contribution in [0.5, 0.6) is 0 Å². The van der Waals surface area contributed by atoms with Gasteiger partial charge in [0.25, 0.3) is 0 Å². The number of hydrogen-bond donors (Lipinski definition) is 0. The SMILES string of the molecule is CC/C=C\C/C=C\C/C=C\C/C=C\C/C=C\C/C=C\CCCOCC(COC(=O)CCCCCCCCCCC/C=C\CCCCCCCC)OC(=O)CCCCCCC/C=C\CCCCCCCC. The number of carbonyl (C=O) groups excluding carboxylic acids is 2. The third-order valence-corrected chi connectivity index (χ3v) is 12.6. The van der Waals surface area contributed by atoms with E-state index in [0.29, 0.717) is 19.4 Å². The van der Waals surface area contributed by atoms with E-state index in [2.05, 4.69) is 118 Å². The highest BCUT2D eigenvalue weighted by Crippen LogP contribution is 2.15. The highest BCUT2D eigenvalue weighted by Gasteiger charge is 2.17. The normalized spacial score (nSPS) is 12.9. The molecule has 402 valence electrons. The van der Waals surface area contributed by atoms with E-state index in [-0.39, 0.29) is 25.2 Å². The second-order valence-corrected chi connectivity index (χ2v) is 19.5. The lowest BCUT2D eigenvalue weighted by molar-refractivity contribution is -0.163. The molecule has 0 aliphatic heterocycles. The van der Waals surface area contributed by atoms with Gasteiger partial charge in [-0.3, -0.25) is 9.59 Å². The van der Waals surface area contributed by atoms with Crippen LogP contribution in [0.15, 0.2) is 97.2 Å². The minimum absolute atomic E-state index is 0.0546. The van der Waals surface area contributed by atoms with Crippen molar-refractivity contribution in [2.45, 2.75) is 284 Å². The fourth-order valence-corrected chi connectivity index (χ4v) is 8.16. The number of esters is 2. The van der Waals surface area contributed by atoms with Crippen LogP contribution in [0.4, 0.5) is 0 Å². The summed E-state index contributed by atoms with van der Waals surface area (Å²) in [4.78, 5) is 25.5. The molecule has 0 fully saturated rings. The monoisotopic (exact) mass is 973 g/mol. The number of allylic oxidation sites excluding steroid dienone is 16. The molecule has 0 heterocycles. The average molecular weight is 974 g/mol. The lowest BCUT2D eigenvalue weighted by Crippen LogP contribution is -2.30. The zero-order valence-electron chi connectivity index (χ0n) is 46.3. The van der Waals surface area contributed by atoms with Crippen LogP contribution in [0.2, 0.25) is 0 Å². The zero-order valence-corrected chi connectivity index (χ0v) is 46.3. The molecule has 70 heavy (non-hydrogen) atoms. The van der Waals surface area contributed by atoms with Crippen molar-refractivity contribution in [3.63, 3.8) is 0 Å². The number of unbranched alkanes of at least 4 members (excludes halogenated alkanes) is 27. The van der Waals surface area contributed by atoms with Crippen LogP contribution in [-0.4, -0.2) is 37.9 Å². The Balaban J connectivity index is 4.38. The smallest absolute Gasteiger partial charge is 0.306 e. The quantitative estimate of drug-likeness (QED) is 0.0345. The number of rotatable bonds is 54. The number of ether oxygens (including phenoxy) is 3. The molecule has 0 aliphatic rings. The van der Waals surface area contributed by atoms with E-state index in [1.54, 1.807) is 0 Å². The van der Waals surface area contributed by atoms with Gasteiger partial charge in [-0.1, -0.05) is 246 Å². The maximum atomic E-state index is 12.9. The Morgan fingerprint density at radius 3 is 1.04 bits per heavy atom. The van der Waals surface area contributed by atoms with Gasteiger partial charge in [-0.15, -0.1) is 0 Å². The first kappa shape index (κ1) is 66.8. The first-order valence-electron chi connectivity index (χ1n) is 29.8. The van der Waals surface area contributed by atoms with E-state index in [9.17, 15) is 9.59 Å².